The molecule has 0 heterocycles. The lowest BCUT2D eigenvalue weighted by atomic mass is 10.0. The molecule has 0 aliphatic heterocycles. The van der Waals surface area contributed by atoms with Crippen molar-refractivity contribution in [3.05, 3.63) is 0 Å². The van der Waals surface area contributed by atoms with Gasteiger partial charge in [-0.15, -0.1) is 0 Å². The number of thiol groups is 1. The van der Waals surface area contributed by atoms with Crippen LogP contribution in [0.1, 0.15) is 173 Å². The molecule has 0 rings (SSSR count). The van der Waals surface area contributed by atoms with Crippen LogP contribution in [-0.4, -0.2) is 18.4 Å². The van der Waals surface area contributed by atoms with Gasteiger partial charge in [0.1, 0.15) is 0 Å². The molecule has 0 aromatic heterocycles. The quantitative estimate of drug-likeness (QED) is 0.0489. The molecule has 0 radical (unpaired) electrons. The number of aliphatic imine (C=N–C) groups is 1. The molecule has 0 fully saturated rings. The summed E-state index contributed by atoms with van der Waals surface area (Å²) >= 11 is 4.27. The Kier molecular flexibility index (Phi) is 31.5. The van der Waals surface area contributed by atoms with Crippen molar-refractivity contribution in [3.8, 4) is 0 Å². The van der Waals surface area contributed by atoms with Crippen molar-refractivity contribution in [1.82, 2.24) is 0 Å². The maximum atomic E-state index is 9.96. The van der Waals surface area contributed by atoms with Gasteiger partial charge < -0.3 is 0 Å². The summed E-state index contributed by atoms with van der Waals surface area (Å²) < 4.78 is 0. The molecule has 0 N–H and O–H groups in total. The lowest BCUT2D eigenvalue weighted by Crippen LogP contribution is -1.85. The highest BCUT2D eigenvalue weighted by molar-refractivity contribution is 7.80. The first-order chi connectivity index (χ1) is 16.4. The zero-order valence-corrected chi connectivity index (χ0v) is 23.2. The van der Waals surface area contributed by atoms with E-state index >= 15 is 0 Å². The second-order valence-corrected chi connectivity index (χ2v) is 10.7. The van der Waals surface area contributed by atoms with Gasteiger partial charge in [0.25, 0.3) is 0 Å². The van der Waals surface area contributed by atoms with Crippen LogP contribution in [0.4, 0.5) is 0 Å². The van der Waals surface area contributed by atoms with Crippen molar-refractivity contribution in [1.29, 1.82) is 0 Å². The third-order valence-corrected chi connectivity index (χ3v) is 7.31. The van der Waals surface area contributed by atoms with E-state index in [-0.39, 0.29) is 0 Å². The van der Waals surface area contributed by atoms with Gasteiger partial charge in [0, 0.05) is 0 Å². The molecular formula is C30H59NOS. The summed E-state index contributed by atoms with van der Waals surface area (Å²) in [5.41, 5.74) is 0. The minimum atomic E-state index is 0.668. The van der Waals surface area contributed by atoms with E-state index in [0.29, 0.717) is 6.54 Å². The lowest BCUT2D eigenvalue weighted by molar-refractivity contribution is 0.515. The second-order valence-electron chi connectivity index (χ2n) is 10.2. The summed E-state index contributed by atoms with van der Waals surface area (Å²) in [5, 5.41) is 0. The molecule has 0 aliphatic carbocycles. The molecule has 0 spiro atoms. The fourth-order valence-electron chi connectivity index (χ4n) is 4.77. The SMILES string of the molecule is O=C=NCCCCCCCCCCCCCCCCCCCCCCCCCCCCCS. The molecule has 0 aromatic rings. The van der Waals surface area contributed by atoms with Crippen LogP contribution in [0.2, 0.25) is 0 Å². The number of carbonyl (C=O) groups excluding carboxylic acids is 1. The molecule has 3 heteroatoms. The number of hydrogen-bond acceptors (Lipinski definition) is 3. The van der Waals surface area contributed by atoms with E-state index in [4.69, 9.17) is 0 Å². The fourth-order valence-corrected chi connectivity index (χ4v) is 4.99. The van der Waals surface area contributed by atoms with Crippen LogP contribution in [0.15, 0.2) is 4.99 Å². The first-order valence-electron chi connectivity index (χ1n) is 15.1. The molecule has 0 atom stereocenters. The van der Waals surface area contributed by atoms with Gasteiger partial charge in [0.05, 0.1) is 6.54 Å². The second kappa shape index (κ2) is 31.7. The van der Waals surface area contributed by atoms with Crippen LogP contribution in [0.3, 0.4) is 0 Å². The van der Waals surface area contributed by atoms with E-state index in [1.54, 1.807) is 6.08 Å². The van der Waals surface area contributed by atoms with Gasteiger partial charge in [-0.3, -0.25) is 0 Å². The van der Waals surface area contributed by atoms with Gasteiger partial charge in [0.2, 0.25) is 6.08 Å². The predicted molar refractivity (Wildman–Crippen MR) is 152 cm³/mol. The van der Waals surface area contributed by atoms with Crippen LogP contribution in [-0.2, 0) is 4.79 Å². The zero-order chi connectivity index (χ0) is 23.9. The molecule has 196 valence electrons. The Morgan fingerprint density at radius 2 is 0.576 bits per heavy atom. The third kappa shape index (κ3) is 31.7. The number of nitrogens with zero attached hydrogens (tertiary/aromatic N) is 1. The van der Waals surface area contributed by atoms with E-state index in [9.17, 15) is 4.79 Å². The molecular weight excluding hydrogens is 422 g/mol. The highest BCUT2D eigenvalue weighted by atomic mass is 32.1. The van der Waals surface area contributed by atoms with E-state index in [1.165, 1.54) is 167 Å². The summed E-state index contributed by atoms with van der Waals surface area (Å²) in [6.45, 7) is 0.668. The van der Waals surface area contributed by atoms with E-state index in [2.05, 4.69) is 17.6 Å². The van der Waals surface area contributed by atoms with Crippen molar-refractivity contribution in [3.63, 3.8) is 0 Å². The summed E-state index contributed by atoms with van der Waals surface area (Å²) in [6.07, 6.45) is 39.7. The number of isocyanates is 1. The van der Waals surface area contributed by atoms with Crippen molar-refractivity contribution < 1.29 is 4.79 Å². The van der Waals surface area contributed by atoms with Crippen LogP contribution >= 0.6 is 12.6 Å². The zero-order valence-electron chi connectivity index (χ0n) is 22.3. The first-order valence-corrected chi connectivity index (χ1v) is 15.7. The molecule has 2 nitrogen and oxygen atoms in total. The Morgan fingerprint density at radius 1 is 0.364 bits per heavy atom. The summed E-state index contributed by atoms with van der Waals surface area (Å²) in [7, 11) is 0. The van der Waals surface area contributed by atoms with Crippen molar-refractivity contribution in [2.24, 2.45) is 4.99 Å². The summed E-state index contributed by atoms with van der Waals surface area (Å²) in [6, 6.07) is 0. The van der Waals surface area contributed by atoms with Crippen molar-refractivity contribution in [2.75, 3.05) is 12.3 Å². The standard InChI is InChI=1S/C30H59NOS/c32-30-31-28-26-24-22-20-18-16-14-12-10-8-6-4-2-1-3-5-7-9-11-13-15-17-19-21-23-25-27-29-33/h33H,1-29H2. The molecule has 33 heavy (non-hydrogen) atoms. The smallest absolute Gasteiger partial charge is 0.211 e. The molecule has 0 bridgehead atoms. The number of rotatable bonds is 29. The molecule has 0 saturated carbocycles. The van der Waals surface area contributed by atoms with Crippen molar-refractivity contribution >= 4 is 18.7 Å². The van der Waals surface area contributed by atoms with Crippen molar-refractivity contribution in [2.45, 2.75) is 173 Å². The molecule has 0 aromatic carbocycles. The van der Waals surface area contributed by atoms with E-state index in [1.807, 2.05) is 0 Å². The van der Waals surface area contributed by atoms with Gasteiger partial charge >= 0.3 is 0 Å². The van der Waals surface area contributed by atoms with Crippen LogP contribution < -0.4 is 0 Å². The summed E-state index contributed by atoms with van der Waals surface area (Å²) in [5.74, 6) is 1.06. The van der Waals surface area contributed by atoms with Gasteiger partial charge in [0.15, 0.2) is 0 Å². The minimum absolute atomic E-state index is 0.668. The lowest BCUT2D eigenvalue weighted by Gasteiger charge is -2.04. The topological polar surface area (TPSA) is 29.4 Å². The maximum absolute atomic E-state index is 9.96. The third-order valence-electron chi connectivity index (χ3n) is 6.99. The average Bonchev–Trinajstić information content (AvgIpc) is 2.83. The number of unbranched alkanes of at least 4 members (excludes halogenated alkanes) is 26. The number of hydrogen-bond donors (Lipinski definition) is 1. The van der Waals surface area contributed by atoms with Gasteiger partial charge in [-0.2, -0.15) is 12.6 Å². The highest BCUT2D eigenvalue weighted by Gasteiger charge is 1.96. The molecule has 0 aliphatic rings. The van der Waals surface area contributed by atoms with Crippen LogP contribution in [0, 0.1) is 0 Å². The first kappa shape index (κ1) is 32.7. The Bertz CT molecular complexity index is 395. The Labute approximate surface area is 214 Å². The monoisotopic (exact) mass is 481 g/mol. The Hall–Kier alpha value is -0.270. The predicted octanol–water partition coefficient (Wildman–Crippen LogP) is 10.8. The van der Waals surface area contributed by atoms with Crippen LogP contribution in [0.5, 0.6) is 0 Å². The Balaban J connectivity index is 3.01. The average molecular weight is 482 g/mol. The largest absolute Gasteiger partial charge is 0.234 e. The van der Waals surface area contributed by atoms with Gasteiger partial charge in [-0.05, 0) is 18.6 Å². The maximum Gasteiger partial charge on any atom is 0.234 e. The highest BCUT2D eigenvalue weighted by Crippen LogP contribution is 2.16. The summed E-state index contributed by atoms with van der Waals surface area (Å²) in [4.78, 5) is 13.6. The normalized spacial score (nSPS) is 11.1. The van der Waals surface area contributed by atoms with Gasteiger partial charge in [-0.1, -0.05) is 161 Å². The molecule has 0 unspecified atom stereocenters. The fraction of sp³-hybridized carbons (Fsp3) is 0.967. The minimum Gasteiger partial charge on any atom is -0.211 e. The van der Waals surface area contributed by atoms with E-state index in [0.717, 1.165) is 12.2 Å². The molecule has 0 saturated heterocycles. The Morgan fingerprint density at radius 3 is 0.788 bits per heavy atom. The van der Waals surface area contributed by atoms with Gasteiger partial charge in [-0.25, -0.2) is 9.79 Å². The molecule has 0 amide bonds. The van der Waals surface area contributed by atoms with Crippen LogP contribution in [0.25, 0.3) is 0 Å². The van der Waals surface area contributed by atoms with E-state index < -0.39 is 0 Å².